The zero-order chi connectivity index (χ0) is 16.5. The Kier molecular flexibility index (Phi) is 10.9. The lowest BCUT2D eigenvalue weighted by atomic mass is 10.1. The highest BCUT2D eigenvalue weighted by Crippen LogP contribution is 2.21. The van der Waals surface area contributed by atoms with Crippen LogP contribution in [0.15, 0.2) is 23.2 Å². The number of methoxy groups -OCH3 is 1. The fourth-order valence-corrected chi connectivity index (χ4v) is 1.87. The summed E-state index contributed by atoms with van der Waals surface area (Å²) in [5, 5.41) is 15.4. The van der Waals surface area contributed by atoms with E-state index in [9.17, 15) is 4.39 Å². The third-order valence-corrected chi connectivity index (χ3v) is 3.25. The van der Waals surface area contributed by atoms with E-state index in [1.54, 1.807) is 6.07 Å². The number of nitrogens with one attached hydrogen (secondary N) is 2. The van der Waals surface area contributed by atoms with Crippen LogP contribution in [0.4, 0.5) is 4.39 Å². The summed E-state index contributed by atoms with van der Waals surface area (Å²) in [5.74, 6) is 0.591. The third kappa shape index (κ3) is 7.34. The molecule has 0 saturated carbocycles. The highest BCUT2D eigenvalue weighted by Gasteiger charge is 2.11. The number of ether oxygens (including phenoxy) is 1. The second kappa shape index (κ2) is 11.4. The second-order valence-electron chi connectivity index (χ2n) is 5.27. The Hall–Kier alpha value is -1.09. The van der Waals surface area contributed by atoms with Crippen molar-refractivity contribution >= 4 is 29.9 Å². The summed E-state index contributed by atoms with van der Waals surface area (Å²) >= 11 is 0. The molecule has 2 unspecified atom stereocenters. The van der Waals surface area contributed by atoms with Gasteiger partial charge in [-0.3, -0.25) is 4.99 Å². The largest absolute Gasteiger partial charge is 0.494 e. The first-order valence-corrected chi connectivity index (χ1v) is 7.50. The molecule has 23 heavy (non-hydrogen) atoms. The minimum absolute atomic E-state index is 0. The molecule has 1 rings (SSSR count). The minimum Gasteiger partial charge on any atom is -0.494 e. The Morgan fingerprint density at radius 2 is 2.09 bits per heavy atom. The molecule has 0 heterocycles. The van der Waals surface area contributed by atoms with Gasteiger partial charge in [-0.2, -0.15) is 0 Å². The molecule has 0 aliphatic rings. The second-order valence-corrected chi connectivity index (χ2v) is 5.27. The lowest BCUT2D eigenvalue weighted by molar-refractivity contribution is 0.241. The molecule has 2 atom stereocenters. The lowest BCUT2D eigenvalue weighted by Crippen LogP contribution is -2.39. The Bertz CT molecular complexity index is 500. The first-order valence-electron chi connectivity index (χ1n) is 7.50. The van der Waals surface area contributed by atoms with E-state index >= 15 is 0 Å². The van der Waals surface area contributed by atoms with Crippen molar-refractivity contribution in [2.45, 2.75) is 26.8 Å². The third-order valence-electron chi connectivity index (χ3n) is 3.25. The van der Waals surface area contributed by atoms with E-state index in [1.165, 1.54) is 13.2 Å². The molecule has 0 amide bonds. The highest BCUT2D eigenvalue weighted by atomic mass is 127. The monoisotopic (exact) mass is 439 g/mol. The van der Waals surface area contributed by atoms with Crippen molar-refractivity contribution in [3.63, 3.8) is 0 Å². The molecule has 0 aliphatic carbocycles. The number of guanidine groups is 1. The first kappa shape index (κ1) is 21.9. The minimum atomic E-state index is -0.385. The molecule has 0 aliphatic heterocycles. The summed E-state index contributed by atoms with van der Waals surface area (Å²) in [7, 11) is 1.44. The standard InChI is InChI=1S/C16H26FN3O2.HI/c1-5-18-16(19-9-11(2)10-21)20-12(3)13-6-7-15(22-4)14(17)8-13;/h6-8,11-12,21H,5,9-10H2,1-4H3,(H2,18,19,20);1H. The number of benzene rings is 1. The average molecular weight is 439 g/mol. The summed E-state index contributed by atoms with van der Waals surface area (Å²) in [5.41, 5.74) is 0.805. The number of halogens is 2. The van der Waals surface area contributed by atoms with E-state index in [0.717, 1.165) is 12.1 Å². The molecule has 3 N–H and O–H groups in total. The Morgan fingerprint density at radius 3 is 2.61 bits per heavy atom. The van der Waals surface area contributed by atoms with Crippen LogP contribution in [-0.4, -0.2) is 37.9 Å². The van der Waals surface area contributed by atoms with Crippen LogP contribution in [0, 0.1) is 11.7 Å². The Morgan fingerprint density at radius 1 is 1.39 bits per heavy atom. The molecule has 0 saturated heterocycles. The Labute approximate surface area is 154 Å². The maximum atomic E-state index is 13.8. The van der Waals surface area contributed by atoms with Gasteiger partial charge in [-0.25, -0.2) is 4.39 Å². The number of aliphatic hydroxyl groups excluding tert-OH is 1. The fraction of sp³-hybridized carbons (Fsp3) is 0.562. The van der Waals surface area contributed by atoms with Gasteiger partial charge in [0.1, 0.15) is 0 Å². The van der Waals surface area contributed by atoms with Crippen molar-refractivity contribution < 1.29 is 14.2 Å². The van der Waals surface area contributed by atoms with Gasteiger partial charge in [0.15, 0.2) is 17.5 Å². The van der Waals surface area contributed by atoms with Crippen LogP contribution in [-0.2, 0) is 0 Å². The van der Waals surface area contributed by atoms with E-state index in [0.29, 0.717) is 12.5 Å². The van der Waals surface area contributed by atoms with Crippen LogP contribution in [0.25, 0.3) is 0 Å². The summed E-state index contributed by atoms with van der Waals surface area (Å²) < 4.78 is 18.7. The molecule has 0 bridgehead atoms. The summed E-state index contributed by atoms with van der Waals surface area (Å²) in [6, 6.07) is 4.78. The Balaban J connectivity index is 0.00000484. The molecule has 5 nitrogen and oxygen atoms in total. The zero-order valence-electron chi connectivity index (χ0n) is 14.1. The SMILES string of the molecule is CCNC(=NCC(C)CO)NC(C)c1ccc(OC)c(F)c1.I. The van der Waals surface area contributed by atoms with Crippen molar-refractivity contribution in [1.82, 2.24) is 10.6 Å². The molecule has 0 aromatic heterocycles. The maximum Gasteiger partial charge on any atom is 0.191 e. The van der Waals surface area contributed by atoms with Crippen molar-refractivity contribution in [2.75, 3.05) is 26.8 Å². The number of aliphatic imine (C=N–C) groups is 1. The summed E-state index contributed by atoms with van der Waals surface area (Å²) in [4.78, 5) is 4.42. The van der Waals surface area contributed by atoms with Gasteiger partial charge < -0.3 is 20.5 Å². The lowest BCUT2D eigenvalue weighted by Gasteiger charge is -2.19. The van der Waals surface area contributed by atoms with E-state index in [2.05, 4.69) is 15.6 Å². The van der Waals surface area contributed by atoms with Gasteiger partial charge in [-0.1, -0.05) is 13.0 Å². The van der Waals surface area contributed by atoms with Crippen LogP contribution >= 0.6 is 24.0 Å². The molecule has 1 aromatic carbocycles. The predicted octanol–water partition coefficient (Wildman–Crippen LogP) is 2.70. The molecular weight excluding hydrogens is 412 g/mol. The average Bonchev–Trinajstić information content (AvgIpc) is 2.52. The number of hydrogen-bond donors (Lipinski definition) is 3. The predicted molar refractivity (Wildman–Crippen MR) is 102 cm³/mol. The zero-order valence-corrected chi connectivity index (χ0v) is 16.4. The van der Waals surface area contributed by atoms with E-state index in [4.69, 9.17) is 9.84 Å². The van der Waals surface area contributed by atoms with Crippen LogP contribution in [0.3, 0.4) is 0 Å². The molecule has 7 heteroatoms. The van der Waals surface area contributed by atoms with Gasteiger partial charge in [0.05, 0.1) is 13.2 Å². The molecule has 0 radical (unpaired) electrons. The topological polar surface area (TPSA) is 65.9 Å². The number of rotatable bonds is 7. The van der Waals surface area contributed by atoms with Crippen molar-refractivity contribution in [2.24, 2.45) is 10.9 Å². The molecule has 0 spiro atoms. The van der Waals surface area contributed by atoms with Crippen molar-refractivity contribution in [3.8, 4) is 5.75 Å². The number of hydrogen-bond acceptors (Lipinski definition) is 3. The highest BCUT2D eigenvalue weighted by molar-refractivity contribution is 14.0. The van der Waals surface area contributed by atoms with Crippen LogP contribution < -0.4 is 15.4 Å². The van der Waals surface area contributed by atoms with Gasteiger partial charge in [0.2, 0.25) is 0 Å². The van der Waals surface area contributed by atoms with E-state index in [-0.39, 0.29) is 54.1 Å². The van der Waals surface area contributed by atoms with Crippen molar-refractivity contribution in [3.05, 3.63) is 29.6 Å². The maximum absolute atomic E-state index is 13.8. The molecular formula is C16H27FIN3O2. The van der Waals surface area contributed by atoms with Crippen LogP contribution in [0.5, 0.6) is 5.75 Å². The summed E-state index contributed by atoms with van der Waals surface area (Å²) in [6.45, 7) is 7.18. The quantitative estimate of drug-likeness (QED) is 0.347. The van der Waals surface area contributed by atoms with Gasteiger partial charge in [0, 0.05) is 19.7 Å². The summed E-state index contributed by atoms with van der Waals surface area (Å²) in [6.07, 6.45) is 0. The molecule has 1 aromatic rings. The molecule has 0 fully saturated rings. The normalized spacial score (nSPS) is 13.7. The van der Waals surface area contributed by atoms with Gasteiger partial charge in [-0.15, -0.1) is 24.0 Å². The van der Waals surface area contributed by atoms with E-state index in [1.807, 2.05) is 26.8 Å². The smallest absolute Gasteiger partial charge is 0.191 e. The number of nitrogens with zero attached hydrogens (tertiary/aromatic N) is 1. The van der Waals surface area contributed by atoms with Gasteiger partial charge in [0.25, 0.3) is 0 Å². The van der Waals surface area contributed by atoms with Crippen LogP contribution in [0.2, 0.25) is 0 Å². The van der Waals surface area contributed by atoms with E-state index < -0.39 is 0 Å². The van der Waals surface area contributed by atoms with Crippen LogP contribution in [0.1, 0.15) is 32.4 Å². The first-order chi connectivity index (χ1) is 10.5. The molecule has 132 valence electrons. The van der Waals surface area contributed by atoms with Gasteiger partial charge in [-0.05, 0) is 37.5 Å². The fourth-order valence-electron chi connectivity index (χ4n) is 1.87. The van der Waals surface area contributed by atoms with Crippen molar-refractivity contribution in [1.29, 1.82) is 0 Å². The van der Waals surface area contributed by atoms with Gasteiger partial charge >= 0.3 is 0 Å². The number of aliphatic hydroxyl groups is 1.